The maximum absolute atomic E-state index is 11.4. The molecule has 1 aliphatic rings. The summed E-state index contributed by atoms with van der Waals surface area (Å²) in [4.78, 5) is 22.7. The van der Waals surface area contributed by atoms with Crippen LogP contribution in [0.3, 0.4) is 0 Å². The fourth-order valence-corrected chi connectivity index (χ4v) is 2.13. The van der Waals surface area contributed by atoms with Crippen molar-refractivity contribution >= 4 is 22.2 Å². The molecule has 0 radical (unpaired) electrons. The molecule has 0 atom stereocenters. The fraction of sp³-hybridized carbons (Fsp3) is 0.273. The molecular weight excluding hydrogens is 208 g/mol. The number of carbonyl (C=O) groups is 2. The molecule has 0 amide bonds. The second-order valence-electron chi connectivity index (χ2n) is 3.62. The van der Waals surface area contributed by atoms with E-state index in [1.807, 2.05) is 6.07 Å². The van der Waals surface area contributed by atoms with Crippen molar-refractivity contribution in [2.24, 2.45) is 0 Å². The van der Waals surface area contributed by atoms with E-state index >= 15 is 0 Å². The van der Waals surface area contributed by atoms with Gasteiger partial charge in [0.25, 0.3) is 0 Å². The smallest absolute Gasteiger partial charge is 0.347 e. The third-order valence-electron chi connectivity index (χ3n) is 2.56. The monoisotopic (exact) mass is 220 g/mol. The van der Waals surface area contributed by atoms with E-state index in [0.29, 0.717) is 11.1 Å². The highest BCUT2D eigenvalue weighted by Crippen LogP contribution is 2.24. The van der Waals surface area contributed by atoms with Crippen LogP contribution in [0.2, 0.25) is 6.04 Å². The Morgan fingerprint density at radius 2 is 2.00 bits per heavy atom. The molecular formula is C11H12O3Si. The highest BCUT2D eigenvalue weighted by atomic mass is 28.1. The lowest BCUT2D eigenvalue weighted by atomic mass is 9.99. The molecule has 0 spiro atoms. The quantitative estimate of drug-likeness (QED) is 0.428. The minimum Gasteiger partial charge on any atom is -0.386 e. The van der Waals surface area contributed by atoms with Crippen LogP contribution in [0.15, 0.2) is 18.2 Å². The minimum absolute atomic E-state index is 0.422. The Morgan fingerprint density at radius 3 is 2.73 bits per heavy atom. The van der Waals surface area contributed by atoms with Crippen molar-refractivity contribution in [3.63, 3.8) is 0 Å². The molecule has 1 aromatic carbocycles. The summed E-state index contributed by atoms with van der Waals surface area (Å²) in [6, 6.07) is 6.55. The normalized spacial score (nSPS) is 14.1. The van der Waals surface area contributed by atoms with Crippen molar-refractivity contribution in [3.8, 4) is 0 Å². The summed E-state index contributed by atoms with van der Waals surface area (Å²) < 4.78 is 4.58. The molecule has 0 N–H and O–H groups in total. The molecule has 1 aromatic rings. The van der Waals surface area contributed by atoms with E-state index in [1.165, 1.54) is 16.3 Å². The van der Waals surface area contributed by atoms with Crippen LogP contribution in [0, 0.1) is 0 Å². The van der Waals surface area contributed by atoms with Gasteiger partial charge in [0, 0.05) is 10.2 Å². The van der Waals surface area contributed by atoms with Gasteiger partial charge in [0.1, 0.15) is 0 Å². The van der Waals surface area contributed by atoms with E-state index in [9.17, 15) is 9.59 Å². The van der Waals surface area contributed by atoms with Gasteiger partial charge in [-0.3, -0.25) is 0 Å². The van der Waals surface area contributed by atoms with Gasteiger partial charge in [0.15, 0.2) is 0 Å². The van der Waals surface area contributed by atoms with Crippen LogP contribution in [0.25, 0.3) is 0 Å². The van der Waals surface area contributed by atoms with Crippen LogP contribution >= 0.6 is 0 Å². The van der Waals surface area contributed by atoms with Crippen LogP contribution in [0.4, 0.5) is 0 Å². The summed E-state index contributed by atoms with van der Waals surface area (Å²) in [7, 11) is 1.17. The Hall–Kier alpha value is -1.42. The molecule has 0 aliphatic carbocycles. The van der Waals surface area contributed by atoms with Gasteiger partial charge in [0.05, 0.1) is 11.1 Å². The van der Waals surface area contributed by atoms with Gasteiger partial charge < -0.3 is 4.74 Å². The van der Waals surface area contributed by atoms with Crippen molar-refractivity contribution < 1.29 is 14.3 Å². The van der Waals surface area contributed by atoms with Crippen LogP contribution in [-0.4, -0.2) is 22.2 Å². The van der Waals surface area contributed by atoms with Crippen LogP contribution in [0.5, 0.6) is 0 Å². The molecule has 0 saturated carbocycles. The molecule has 1 heterocycles. The fourth-order valence-electron chi connectivity index (χ4n) is 1.78. The number of esters is 2. The standard InChI is InChI=1S/C11H12O3Si/c12-10-8-5-1-3-7(4-2-6-15)9(8)11(13)14-10/h1,3,5H,2,4,6H2,15H3. The maximum atomic E-state index is 11.4. The Labute approximate surface area is 90.9 Å². The van der Waals surface area contributed by atoms with E-state index in [4.69, 9.17) is 0 Å². The number of cyclic esters (lactones) is 2. The van der Waals surface area contributed by atoms with Gasteiger partial charge in [-0.05, 0) is 18.1 Å². The van der Waals surface area contributed by atoms with Crippen molar-refractivity contribution in [3.05, 3.63) is 34.9 Å². The summed E-state index contributed by atoms with van der Waals surface area (Å²) in [6.45, 7) is 0. The van der Waals surface area contributed by atoms with Gasteiger partial charge in [-0.1, -0.05) is 24.6 Å². The third kappa shape index (κ3) is 1.72. The van der Waals surface area contributed by atoms with Gasteiger partial charge in [-0.25, -0.2) is 9.59 Å². The van der Waals surface area contributed by atoms with Crippen LogP contribution < -0.4 is 0 Å². The van der Waals surface area contributed by atoms with Crippen molar-refractivity contribution in [1.82, 2.24) is 0 Å². The SMILES string of the molecule is O=C1OC(=O)c2c(CCC[SiH3])cccc21. The highest BCUT2D eigenvalue weighted by Gasteiger charge is 2.31. The molecule has 0 saturated heterocycles. The van der Waals surface area contributed by atoms with E-state index in [0.717, 1.165) is 18.4 Å². The molecule has 3 nitrogen and oxygen atoms in total. The number of aryl methyl sites for hydroxylation is 1. The Bertz CT molecular complexity index is 426. The molecule has 0 fully saturated rings. The number of carbonyl (C=O) groups excluding carboxylic acids is 2. The first-order valence-electron chi connectivity index (χ1n) is 5.12. The van der Waals surface area contributed by atoms with E-state index in [1.54, 1.807) is 12.1 Å². The van der Waals surface area contributed by atoms with Crippen molar-refractivity contribution in [2.75, 3.05) is 0 Å². The third-order valence-corrected chi connectivity index (χ3v) is 3.27. The minimum atomic E-state index is -0.511. The Balaban J connectivity index is 2.41. The number of fused-ring (bicyclic) bond motifs is 1. The first kappa shape index (κ1) is 10.1. The van der Waals surface area contributed by atoms with Gasteiger partial charge in [-0.15, -0.1) is 0 Å². The summed E-state index contributed by atoms with van der Waals surface area (Å²) >= 11 is 0. The lowest BCUT2D eigenvalue weighted by Gasteiger charge is -2.02. The van der Waals surface area contributed by atoms with Crippen LogP contribution in [0.1, 0.15) is 32.7 Å². The maximum Gasteiger partial charge on any atom is 0.347 e. The largest absolute Gasteiger partial charge is 0.386 e. The van der Waals surface area contributed by atoms with Gasteiger partial charge in [-0.2, -0.15) is 0 Å². The zero-order chi connectivity index (χ0) is 10.8. The average Bonchev–Trinajstić information content (AvgIpc) is 2.53. The molecule has 0 bridgehead atoms. The molecule has 15 heavy (non-hydrogen) atoms. The van der Waals surface area contributed by atoms with Crippen molar-refractivity contribution in [1.29, 1.82) is 0 Å². The second-order valence-corrected chi connectivity index (χ2v) is 4.62. The van der Waals surface area contributed by atoms with Crippen LogP contribution in [-0.2, 0) is 11.2 Å². The number of hydrogen-bond donors (Lipinski definition) is 0. The lowest BCUT2D eigenvalue weighted by Crippen LogP contribution is -2.00. The predicted molar refractivity (Wildman–Crippen MR) is 59.3 cm³/mol. The first-order valence-corrected chi connectivity index (χ1v) is 6.54. The summed E-state index contributed by atoms with van der Waals surface area (Å²) in [5.41, 5.74) is 1.85. The number of hydrogen-bond acceptors (Lipinski definition) is 3. The predicted octanol–water partition coefficient (Wildman–Crippen LogP) is 0.713. The van der Waals surface area contributed by atoms with E-state index in [2.05, 4.69) is 4.74 Å². The number of rotatable bonds is 3. The first-order chi connectivity index (χ1) is 7.24. The summed E-state index contributed by atoms with van der Waals surface area (Å²) in [5, 5.41) is 0. The number of benzene rings is 1. The zero-order valence-corrected chi connectivity index (χ0v) is 10.6. The zero-order valence-electron chi connectivity index (χ0n) is 8.58. The Morgan fingerprint density at radius 1 is 1.20 bits per heavy atom. The summed E-state index contributed by atoms with van der Waals surface area (Å²) in [6.07, 6.45) is 1.93. The second kappa shape index (κ2) is 3.98. The number of ether oxygens (including phenoxy) is 1. The van der Waals surface area contributed by atoms with Gasteiger partial charge in [0.2, 0.25) is 0 Å². The average molecular weight is 220 g/mol. The topological polar surface area (TPSA) is 43.4 Å². The lowest BCUT2D eigenvalue weighted by molar-refractivity contribution is 0.0443. The van der Waals surface area contributed by atoms with Crippen molar-refractivity contribution in [2.45, 2.75) is 18.9 Å². The van der Waals surface area contributed by atoms with E-state index in [-0.39, 0.29) is 0 Å². The molecule has 1 aliphatic heterocycles. The molecule has 4 heteroatoms. The Kier molecular flexibility index (Phi) is 2.68. The van der Waals surface area contributed by atoms with Gasteiger partial charge >= 0.3 is 11.9 Å². The molecule has 78 valence electrons. The molecule has 2 rings (SSSR count). The summed E-state index contributed by atoms with van der Waals surface area (Å²) in [5.74, 6) is -0.998. The highest BCUT2D eigenvalue weighted by molar-refractivity contribution is 6.15. The molecule has 0 unspecified atom stereocenters. The van der Waals surface area contributed by atoms with E-state index < -0.39 is 11.9 Å². The molecule has 0 aromatic heterocycles.